The molecule has 0 aliphatic rings. The second-order valence-corrected chi connectivity index (χ2v) is 3.48. The molecule has 0 aromatic heterocycles. The quantitative estimate of drug-likeness (QED) is 0.376. The van der Waals surface area contributed by atoms with Crippen LogP contribution in [-0.2, 0) is 13.6 Å². The molecule has 0 aromatic rings. The summed E-state index contributed by atoms with van der Waals surface area (Å²) < 4.78 is 24.3. The Bertz CT molecular complexity index is 192. The normalized spacial score (nSPS) is 11.2. The Morgan fingerprint density at radius 1 is 1.33 bits per heavy atom. The molecule has 0 aromatic carbocycles. The summed E-state index contributed by atoms with van der Waals surface area (Å²) in [4.78, 5) is 0. The van der Waals surface area contributed by atoms with Gasteiger partial charge in [0.15, 0.2) is 5.96 Å². The Kier molecular flexibility index (Phi) is 4.89. The zero-order chi connectivity index (χ0) is 9.61. The van der Waals surface area contributed by atoms with Gasteiger partial charge in [-0.15, -0.1) is 4.76 Å². The summed E-state index contributed by atoms with van der Waals surface area (Å²) >= 11 is 0. The fraction of sp³-hybridized carbons (Fsp3) is 0.800. The van der Waals surface area contributed by atoms with Crippen LogP contribution in [0.3, 0.4) is 0 Å². The summed E-state index contributed by atoms with van der Waals surface area (Å²) in [5.41, 5.74) is 10.1. The molecule has 7 heteroatoms. The lowest BCUT2D eigenvalue weighted by molar-refractivity contribution is 0.221. The topological polar surface area (TPSA) is 99.9 Å². The molecule has 0 radical (unpaired) electrons. The monoisotopic (exact) mass is 195 g/mol. The highest BCUT2D eigenvalue weighted by molar-refractivity contribution is 7.52. The van der Waals surface area contributed by atoms with Crippen molar-refractivity contribution >= 4 is 13.7 Å². The molecule has 72 valence electrons. The van der Waals surface area contributed by atoms with Gasteiger partial charge in [0.1, 0.15) is 0 Å². The van der Waals surface area contributed by atoms with Gasteiger partial charge in [0.05, 0.1) is 13.2 Å². The largest absolute Gasteiger partial charge is 0.457 e. The first-order valence-corrected chi connectivity index (χ1v) is 5.04. The minimum Gasteiger partial charge on any atom is -0.370 e. The number of hydrogen-bond acceptors (Lipinski definition) is 3. The van der Waals surface area contributed by atoms with Crippen LogP contribution in [0.2, 0.25) is 0 Å². The Morgan fingerprint density at radius 2 is 1.75 bits per heavy atom. The van der Waals surface area contributed by atoms with Crippen molar-refractivity contribution in [3.8, 4) is 0 Å². The highest BCUT2D eigenvalue weighted by atomic mass is 31.2. The molecular weight excluding hydrogens is 181 g/mol. The van der Waals surface area contributed by atoms with Crippen LogP contribution in [0.15, 0.2) is 4.76 Å². The third-order valence-electron chi connectivity index (χ3n) is 0.822. The van der Waals surface area contributed by atoms with E-state index in [0.29, 0.717) is 0 Å². The molecule has 0 saturated carbocycles. The number of nitrogens with two attached hydrogens (primary N) is 2. The summed E-state index contributed by atoms with van der Waals surface area (Å²) in [7, 11) is -3.44. The average molecular weight is 195 g/mol. The van der Waals surface area contributed by atoms with Gasteiger partial charge in [-0.3, -0.25) is 9.05 Å². The van der Waals surface area contributed by atoms with E-state index >= 15 is 0 Å². The van der Waals surface area contributed by atoms with E-state index in [1.165, 1.54) is 0 Å². The molecule has 0 aliphatic heterocycles. The van der Waals surface area contributed by atoms with Crippen molar-refractivity contribution in [2.75, 3.05) is 13.2 Å². The van der Waals surface area contributed by atoms with E-state index in [4.69, 9.17) is 20.5 Å². The van der Waals surface area contributed by atoms with Crippen molar-refractivity contribution in [1.29, 1.82) is 0 Å². The Balaban J connectivity index is 4.40. The van der Waals surface area contributed by atoms with Crippen LogP contribution in [0.4, 0.5) is 0 Å². The highest BCUT2D eigenvalue weighted by Crippen LogP contribution is 2.49. The molecule has 12 heavy (non-hydrogen) atoms. The molecule has 0 bridgehead atoms. The number of guanidine groups is 1. The molecule has 0 aliphatic carbocycles. The summed E-state index contributed by atoms with van der Waals surface area (Å²) in [6.45, 7) is 3.81. The molecule has 0 saturated heterocycles. The Hall–Kier alpha value is -0.580. The minimum absolute atomic E-state index is 0.230. The maximum Gasteiger partial charge on any atom is 0.457 e. The first kappa shape index (κ1) is 11.4. The predicted molar refractivity (Wildman–Crippen MR) is 46.7 cm³/mol. The molecule has 4 N–H and O–H groups in total. The van der Waals surface area contributed by atoms with Gasteiger partial charge in [-0.1, -0.05) is 0 Å². The van der Waals surface area contributed by atoms with Gasteiger partial charge < -0.3 is 11.5 Å². The maximum absolute atomic E-state index is 11.4. The maximum atomic E-state index is 11.4. The van der Waals surface area contributed by atoms with Crippen molar-refractivity contribution in [2.45, 2.75) is 13.8 Å². The average Bonchev–Trinajstić information content (AvgIpc) is 1.85. The van der Waals surface area contributed by atoms with Gasteiger partial charge in [-0.05, 0) is 13.8 Å². The Labute approximate surface area is 71.5 Å². The first-order valence-electron chi connectivity index (χ1n) is 3.54. The van der Waals surface area contributed by atoms with E-state index < -0.39 is 7.75 Å². The highest BCUT2D eigenvalue weighted by Gasteiger charge is 2.22. The lowest BCUT2D eigenvalue weighted by Crippen LogP contribution is -2.22. The van der Waals surface area contributed by atoms with Crippen LogP contribution < -0.4 is 11.5 Å². The van der Waals surface area contributed by atoms with Gasteiger partial charge in [0.2, 0.25) is 0 Å². The van der Waals surface area contributed by atoms with Crippen molar-refractivity contribution in [1.82, 2.24) is 0 Å². The van der Waals surface area contributed by atoms with Crippen LogP contribution in [0.5, 0.6) is 0 Å². The third-order valence-corrected chi connectivity index (χ3v) is 2.47. The number of hydrogen-bond donors (Lipinski definition) is 2. The van der Waals surface area contributed by atoms with E-state index in [1.807, 2.05) is 0 Å². The van der Waals surface area contributed by atoms with Crippen molar-refractivity contribution in [2.24, 2.45) is 16.2 Å². The van der Waals surface area contributed by atoms with Crippen LogP contribution in [-0.4, -0.2) is 19.2 Å². The molecule has 6 nitrogen and oxygen atoms in total. The minimum atomic E-state index is -3.44. The van der Waals surface area contributed by atoms with E-state index in [-0.39, 0.29) is 19.2 Å². The van der Waals surface area contributed by atoms with Crippen molar-refractivity contribution < 1.29 is 13.6 Å². The fourth-order valence-electron chi connectivity index (χ4n) is 0.563. The summed E-state index contributed by atoms with van der Waals surface area (Å²) in [6, 6.07) is 0. The zero-order valence-corrected chi connectivity index (χ0v) is 8.08. The summed E-state index contributed by atoms with van der Waals surface area (Å²) in [5.74, 6) is -0.305. The second-order valence-electron chi connectivity index (χ2n) is 1.83. The second kappa shape index (κ2) is 5.13. The molecule has 0 rings (SSSR count). The summed E-state index contributed by atoms with van der Waals surface area (Å²) in [6.07, 6.45) is 0. The molecule has 0 unspecified atom stereocenters. The van der Waals surface area contributed by atoms with Crippen LogP contribution in [0.1, 0.15) is 13.8 Å². The van der Waals surface area contributed by atoms with E-state index in [1.54, 1.807) is 13.8 Å². The molecule has 0 spiro atoms. The third kappa shape index (κ3) is 4.33. The first-order chi connectivity index (χ1) is 5.54. The van der Waals surface area contributed by atoms with Crippen molar-refractivity contribution in [3.05, 3.63) is 0 Å². The molecule has 0 amide bonds. The van der Waals surface area contributed by atoms with E-state index in [0.717, 1.165) is 0 Å². The SMILES string of the molecule is CCOP(=O)(N=C(N)N)OCC. The van der Waals surface area contributed by atoms with E-state index in [9.17, 15) is 4.57 Å². The Morgan fingerprint density at radius 3 is 2.00 bits per heavy atom. The van der Waals surface area contributed by atoms with Crippen LogP contribution in [0, 0.1) is 0 Å². The summed E-state index contributed by atoms with van der Waals surface area (Å²) in [5, 5.41) is 0. The van der Waals surface area contributed by atoms with Crippen LogP contribution >= 0.6 is 7.75 Å². The zero-order valence-electron chi connectivity index (χ0n) is 7.19. The molecular formula is C5H14N3O3P. The van der Waals surface area contributed by atoms with Gasteiger partial charge in [-0.25, -0.2) is 4.57 Å². The molecule has 0 fully saturated rings. The van der Waals surface area contributed by atoms with Crippen LogP contribution in [0.25, 0.3) is 0 Å². The molecule has 0 atom stereocenters. The smallest absolute Gasteiger partial charge is 0.370 e. The predicted octanol–water partition coefficient (Wildman–Crippen LogP) is 0.441. The van der Waals surface area contributed by atoms with Gasteiger partial charge in [-0.2, -0.15) is 0 Å². The number of rotatable bonds is 5. The van der Waals surface area contributed by atoms with Gasteiger partial charge >= 0.3 is 7.75 Å². The van der Waals surface area contributed by atoms with Gasteiger partial charge in [0.25, 0.3) is 0 Å². The molecule has 0 heterocycles. The van der Waals surface area contributed by atoms with Crippen molar-refractivity contribution in [3.63, 3.8) is 0 Å². The standard InChI is InChI=1S/C5H14N3O3P/c1-3-10-12(9,11-4-2)8-5(6)7/h3-4H2,1-2H3,(H4,6,7,8,9). The number of nitrogens with zero attached hydrogens (tertiary/aromatic N) is 1. The van der Waals surface area contributed by atoms with E-state index in [2.05, 4.69) is 4.76 Å². The van der Waals surface area contributed by atoms with Gasteiger partial charge in [0, 0.05) is 0 Å². The fourth-order valence-corrected chi connectivity index (χ4v) is 1.69. The lowest BCUT2D eigenvalue weighted by atomic mass is 10.9. The lowest BCUT2D eigenvalue weighted by Gasteiger charge is -2.10.